The van der Waals surface area contributed by atoms with Crippen LogP contribution in [0, 0.1) is 0 Å². The van der Waals surface area contributed by atoms with Crippen LogP contribution in [-0.2, 0) is 43.2 Å². The molecule has 6 rings (SSSR count). The zero-order valence-electron chi connectivity index (χ0n) is 20.6. The molecule has 1 amide bonds. The third-order valence-electron chi connectivity index (χ3n) is 7.48. The number of nitrogens with zero attached hydrogens (tertiary/aromatic N) is 1. The Labute approximate surface area is 214 Å². The molecule has 2 N–H and O–H groups in total. The van der Waals surface area contributed by atoms with Gasteiger partial charge in [0.05, 0.1) is 13.2 Å². The number of ether oxygens (including phenoxy) is 3. The number of amides is 1. The highest BCUT2D eigenvalue weighted by Gasteiger charge is 2.55. The van der Waals surface area contributed by atoms with Gasteiger partial charge in [0.2, 0.25) is 5.91 Å². The monoisotopic (exact) mass is 499 g/mol. The summed E-state index contributed by atoms with van der Waals surface area (Å²) in [5.41, 5.74) is 2.88. The van der Waals surface area contributed by atoms with Crippen molar-refractivity contribution < 1.29 is 23.8 Å². The lowest BCUT2D eigenvalue weighted by molar-refractivity contribution is -0.175. The van der Waals surface area contributed by atoms with Crippen molar-refractivity contribution in [2.24, 2.45) is 0 Å². The highest BCUT2D eigenvalue weighted by molar-refractivity contribution is 5.91. The first kappa shape index (κ1) is 23.7. The van der Waals surface area contributed by atoms with E-state index in [1.54, 1.807) is 4.90 Å². The molecule has 8 nitrogen and oxygen atoms in total. The molecule has 1 aromatic heterocycles. The molecular weight excluding hydrogens is 470 g/mol. The van der Waals surface area contributed by atoms with Crippen LogP contribution < -0.4 is 5.32 Å². The van der Waals surface area contributed by atoms with E-state index in [1.807, 2.05) is 72.8 Å². The molecule has 1 saturated heterocycles. The standard InChI is InChI=1S/C29H29N3O5/c1-35-28(34)25(15-19-9-3-2-4-10-19)32(29-14-8-7-13-26(29)36-18-37-29)27(33)23-16-21-20-11-5-6-12-22(20)31-24(21)17-30-23/h2-14,23,25-26,30-31H,15-18H2,1H3/t23-,25-,26?,29-/m0/s1. The Morgan fingerprint density at radius 3 is 2.78 bits per heavy atom. The summed E-state index contributed by atoms with van der Waals surface area (Å²) in [5, 5.41) is 4.50. The largest absolute Gasteiger partial charge is 0.467 e. The molecule has 3 heterocycles. The maximum Gasteiger partial charge on any atom is 0.329 e. The molecule has 190 valence electrons. The number of carbonyl (C=O) groups is 2. The Morgan fingerprint density at radius 1 is 1.14 bits per heavy atom. The Bertz CT molecular complexity index is 1380. The van der Waals surface area contributed by atoms with Crippen molar-refractivity contribution in [3.05, 3.63) is 95.7 Å². The fraction of sp³-hybridized carbons (Fsp3) is 0.310. The number of methoxy groups -OCH3 is 1. The molecule has 2 aromatic carbocycles. The first-order valence-electron chi connectivity index (χ1n) is 12.5. The molecule has 3 aliphatic rings. The summed E-state index contributed by atoms with van der Waals surface area (Å²) in [6.45, 7) is 0.520. The maximum atomic E-state index is 14.5. The summed E-state index contributed by atoms with van der Waals surface area (Å²) in [6, 6.07) is 16.2. The number of aromatic nitrogens is 1. The lowest BCUT2D eigenvalue weighted by Crippen LogP contribution is -2.66. The highest BCUT2D eigenvalue weighted by atomic mass is 16.7. The predicted molar refractivity (Wildman–Crippen MR) is 137 cm³/mol. The molecule has 1 fully saturated rings. The second kappa shape index (κ2) is 9.63. The van der Waals surface area contributed by atoms with E-state index in [0.29, 0.717) is 13.0 Å². The van der Waals surface area contributed by atoms with Crippen molar-refractivity contribution in [2.75, 3.05) is 13.9 Å². The Morgan fingerprint density at radius 2 is 1.95 bits per heavy atom. The number of H-pyrrole nitrogens is 1. The second-order valence-electron chi connectivity index (χ2n) is 9.55. The molecule has 0 saturated carbocycles. The van der Waals surface area contributed by atoms with Crippen molar-refractivity contribution >= 4 is 22.8 Å². The fourth-order valence-corrected chi connectivity index (χ4v) is 5.69. The van der Waals surface area contributed by atoms with Gasteiger partial charge in [0.25, 0.3) is 0 Å². The van der Waals surface area contributed by atoms with Crippen molar-refractivity contribution in [3.8, 4) is 0 Å². The number of allylic oxidation sites excluding steroid dienone is 2. The van der Waals surface area contributed by atoms with Gasteiger partial charge < -0.3 is 19.2 Å². The van der Waals surface area contributed by atoms with Crippen LogP contribution in [0.25, 0.3) is 10.9 Å². The van der Waals surface area contributed by atoms with Gasteiger partial charge in [-0.15, -0.1) is 0 Å². The predicted octanol–water partition coefficient (Wildman–Crippen LogP) is 2.99. The molecule has 8 heteroatoms. The van der Waals surface area contributed by atoms with Crippen LogP contribution in [0.2, 0.25) is 0 Å². The lowest BCUT2D eigenvalue weighted by Gasteiger charge is -2.45. The zero-order valence-corrected chi connectivity index (χ0v) is 20.6. The van der Waals surface area contributed by atoms with Crippen molar-refractivity contribution in [1.29, 1.82) is 0 Å². The summed E-state index contributed by atoms with van der Waals surface area (Å²) < 4.78 is 17.3. The van der Waals surface area contributed by atoms with Gasteiger partial charge in [0, 0.05) is 29.6 Å². The Hall–Kier alpha value is -3.72. The van der Waals surface area contributed by atoms with E-state index < -0.39 is 29.9 Å². The molecule has 2 aliphatic heterocycles. The summed E-state index contributed by atoms with van der Waals surface area (Å²) in [5.74, 6) is -0.745. The molecule has 4 atom stereocenters. The first-order chi connectivity index (χ1) is 18.1. The second-order valence-corrected chi connectivity index (χ2v) is 9.55. The first-order valence-corrected chi connectivity index (χ1v) is 12.5. The van der Waals surface area contributed by atoms with E-state index >= 15 is 0 Å². The van der Waals surface area contributed by atoms with Gasteiger partial charge in [-0.05, 0) is 29.7 Å². The number of rotatable bonds is 6. The minimum absolute atomic E-state index is 0.00699. The van der Waals surface area contributed by atoms with E-state index in [1.165, 1.54) is 7.11 Å². The molecule has 1 unspecified atom stereocenters. The number of esters is 1. The SMILES string of the molecule is COC(=O)[C@H](Cc1ccccc1)N(C(=O)[C@@H]1Cc2c([nH]c3ccccc23)CN1)[C@]12C=CC=CC1OCO2. The highest BCUT2D eigenvalue weighted by Crippen LogP contribution is 2.38. The minimum Gasteiger partial charge on any atom is -0.467 e. The Kier molecular flexibility index (Phi) is 6.16. The zero-order chi connectivity index (χ0) is 25.4. The number of aromatic amines is 1. The van der Waals surface area contributed by atoms with Crippen LogP contribution in [0.4, 0.5) is 0 Å². The van der Waals surface area contributed by atoms with Crippen LogP contribution in [0.15, 0.2) is 78.9 Å². The lowest BCUT2D eigenvalue weighted by atomic mass is 9.91. The van der Waals surface area contributed by atoms with Gasteiger partial charge in [-0.2, -0.15) is 0 Å². The number of benzene rings is 2. The van der Waals surface area contributed by atoms with Gasteiger partial charge in [-0.1, -0.05) is 66.8 Å². The summed E-state index contributed by atoms with van der Waals surface area (Å²) >= 11 is 0. The maximum absolute atomic E-state index is 14.5. The van der Waals surface area contributed by atoms with E-state index in [0.717, 1.165) is 27.7 Å². The van der Waals surface area contributed by atoms with Crippen molar-refractivity contribution in [2.45, 2.75) is 43.3 Å². The molecular formula is C29H29N3O5. The van der Waals surface area contributed by atoms with E-state index in [2.05, 4.69) is 16.4 Å². The average Bonchev–Trinajstić information content (AvgIpc) is 3.54. The normalized spacial score (nSPS) is 24.9. The number of nitrogens with one attached hydrogen (secondary N) is 2. The van der Waals surface area contributed by atoms with Crippen LogP contribution >= 0.6 is 0 Å². The number of fused-ring (bicyclic) bond motifs is 4. The van der Waals surface area contributed by atoms with Gasteiger partial charge in [-0.3, -0.25) is 15.0 Å². The number of para-hydroxylation sites is 1. The van der Waals surface area contributed by atoms with E-state index in [4.69, 9.17) is 14.2 Å². The van der Waals surface area contributed by atoms with Gasteiger partial charge in [0.15, 0.2) is 12.5 Å². The van der Waals surface area contributed by atoms with Crippen molar-refractivity contribution in [1.82, 2.24) is 15.2 Å². The number of hydrogen-bond donors (Lipinski definition) is 2. The third kappa shape index (κ3) is 4.07. The molecule has 0 bridgehead atoms. The van der Waals surface area contributed by atoms with Crippen LogP contribution in [0.1, 0.15) is 16.8 Å². The molecule has 3 aromatic rings. The Balaban J connectivity index is 1.41. The molecule has 37 heavy (non-hydrogen) atoms. The van der Waals surface area contributed by atoms with Crippen molar-refractivity contribution in [3.63, 3.8) is 0 Å². The van der Waals surface area contributed by atoms with Crippen LogP contribution in [0.5, 0.6) is 0 Å². The molecule has 1 aliphatic carbocycles. The quantitative estimate of drug-likeness (QED) is 0.507. The topological polar surface area (TPSA) is 92.9 Å². The van der Waals surface area contributed by atoms with Gasteiger partial charge in [-0.25, -0.2) is 4.79 Å². The average molecular weight is 500 g/mol. The van der Waals surface area contributed by atoms with Gasteiger partial charge >= 0.3 is 5.97 Å². The molecule has 0 radical (unpaired) electrons. The van der Waals surface area contributed by atoms with E-state index in [-0.39, 0.29) is 19.1 Å². The summed E-state index contributed by atoms with van der Waals surface area (Å²) in [6.07, 6.45) is 7.57. The smallest absolute Gasteiger partial charge is 0.329 e. The fourth-order valence-electron chi connectivity index (χ4n) is 5.69. The third-order valence-corrected chi connectivity index (χ3v) is 7.48. The van der Waals surface area contributed by atoms with E-state index in [9.17, 15) is 9.59 Å². The molecule has 0 spiro atoms. The van der Waals surface area contributed by atoms with Crippen LogP contribution in [0.3, 0.4) is 0 Å². The van der Waals surface area contributed by atoms with Crippen LogP contribution in [-0.4, -0.2) is 59.6 Å². The summed E-state index contributed by atoms with van der Waals surface area (Å²) in [7, 11) is 1.35. The minimum atomic E-state index is -1.26. The summed E-state index contributed by atoms with van der Waals surface area (Å²) in [4.78, 5) is 32.8. The van der Waals surface area contributed by atoms with Gasteiger partial charge in [0.1, 0.15) is 12.1 Å². The number of carbonyl (C=O) groups excluding carboxylic acids is 2. The number of hydrogen-bond acceptors (Lipinski definition) is 6.